The molecule has 0 radical (unpaired) electrons. The minimum atomic E-state index is -0.422. The topological polar surface area (TPSA) is 105 Å². The molecule has 4 aromatic rings. The van der Waals surface area contributed by atoms with Crippen molar-refractivity contribution in [3.8, 4) is 5.69 Å². The number of aryl methyl sites for hydroxylation is 1. The second kappa shape index (κ2) is 5.76. The van der Waals surface area contributed by atoms with Gasteiger partial charge in [-0.15, -0.1) is 5.10 Å². The molecule has 10 nitrogen and oxygen atoms in total. The zero-order valence-corrected chi connectivity index (χ0v) is 14.4. The fourth-order valence-electron chi connectivity index (χ4n) is 2.99. The molecule has 4 rings (SSSR count). The van der Waals surface area contributed by atoms with Crippen LogP contribution in [0.3, 0.4) is 0 Å². The first-order valence-corrected chi connectivity index (χ1v) is 7.97. The number of hydrogen-bond donors (Lipinski definition) is 0. The number of rotatable bonds is 3. The summed E-state index contributed by atoms with van der Waals surface area (Å²) in [5, 5.41) is 11.9. The van der Waals surface area contributed by atoms with Crippen molar-refractivity contribution in [3.05, 3.63) is 63.3 Å². The van der Waals surface area contributed by atoms with Crippen LogP contribution in [0.1, 0.15) is 18.8 Å². The van der Waals surface area contributed by atoms with Crippen LogP contribution >= 0.6 is 0 Å². The highest BCUT2D eigenvalue weighted by Gasteiger charge is 2.22. The summed E-state index contributed by atoms with van der Waals surface area (Å²) >= 11 is 0. The lowest BCUT2D eigenvalue weighted by Crippen LogP contribution is -2.37. The van der Waals surface area contributed by atoms with Gasteiger partial charge in [0.1, 0.15) is 0 Å². The summed E-state index contributed by atoms with van der Waals surface area (Å²) in [5.41, 5.74) is 0.623. The molecule has 132 valence electrons. The van der Waals surface area contributed by atoms with Crippen LogP contribution < -0.4 is 11.2 Å². The van der Waals surface area contributed by atoms with Gasteiger partial charge in [0.15, 0.2) is 17.0 Å². The Morgan fingerprint density at radius 1 is 1.04 bits per heavy atom. The summed E-state index contributed by atoms with van der Waals surface area (Å²) in [6.45, 7) is 1.87. The summed E-state index contributed by atoms with van der Waals surface area (Å²) in [4.78, 5) is 29.0. The molecular weight excluding hydrogens is 336 g/mol. The molecule has 1 atom stereocenters. The summed E-state index contributed by atoms with van der Waals surface area (Å²) in [6.07, 6.45) is 1.53. The molecule has 3 aromatic heterocycles. The van der Waals surface area contributed by atoms with Crippen LogP contribution in [-0.2, 0) is 14.1 Å². The van der Waals surface area contributed by atoms with Crippen LogP contribution in [-0.4, -0.2) is 38.9 Å². The Balaban J connectivity index is 1.92. The third-order valence-corrected chi connectivity index (χ3v) is 4.46. The first-order chi connectivity index (χ1) is 12.5. The van der Waals surface area contributed by atoms with E-state index >= 15 is 0 Å². The van der Waals surface area contributed by atoms with Crippen molar-refractivity contribution in [3.63, 3.8) is 0 Å². The number of aromatic nitrogens is 8. The predicted molar refractivity (Wildman–Crippen MR) is 93.2 cm³/mol. The molecular formula is C16H16N8O2. The summed E-state index contributed by atoms with van der Waals surface area (Å²) in [7, 11) is 3.03. The second-order valence-electron chi connectivity index (χ2n) is 5.99. The zero-order valence-electron chi connectivity index (χ0n) is 14.4. The van der Waals surface area contributed by atoms with Gasteiger partial charge >= 0.3 is 5.69 Å². The van der Waals surface area contributed by atoms with Crippen molar-refractivity contribution in [2.75, 3.05) is 0 Å². The molecule has 0 N–H and O–H groups in total. The Hall–Kier alpha value is -3.56. The molecule has 1 aromatic carbocycles. The maximum atomic E-state index is 12.6. The summed E-state index contributed by atoms with van der Waals surface area (Å²) < 4.78 is 5.71. The Kier molecular flexibility index (Phi) is 3.53. The van der Waals surface area contributed by atoms with E-state index in [0.29, 0.717) is 17.0 Å². The average molecular weight is 352 g/mol. The number of fused-ring (bicyclic) bond motifs is 1. The van der Waals surface area contributed by atoms with Gasteiger partial charge in [-0.1, -0.05) is 18.2 Å². The van der Waals surface area contributed by atoms with E-state index in [-0.39, 0.29) is 6.04 Å². The van der Waals surface area contributed by atoms with Gasteiger partial charge in [-0.3, -0.25) is 13.9 Å². The molecule has 0 aliphatic carbocycles. The minimum absolute atomic E-state index is 0.323. The van der Waals surface area contributed by atoms with Crippen molar-refractivity contribution in [2.45, 2.75) is 13.0 Å². The van der Waals surface area contributed by atoms with Crippen LogP contribution in [0.2, 0.25) is 0 Å². The first-order valence-electron chi connectivity index (χ1n) is 7.97. The first kappa shape index (κ1) is 15.9. The number of tetrazole rings is 1. The molecule has 0 bridgehead atoms. The third-order valence-electron chi connectivity index (χ3n) is 4.46. The number of hydrogen-bond acceptors (Lipinski definition) is 6. The molecule has 3 heterocycles. The van der Waals surface area contributed by atoms with E-state index in [0.717, 1.165) is 10.3 Å². The Bertz CT molecular complexity index is 1210. The normalized spacial score (nSPS) is 12.6. The molecule has 10 heteroatoms. The molecule has 26 heavy (non-hydrogen) atoms. The minimum Gasteiger partial charge on any atom is -0.314 e. The molecule has 0 aliphatic heterocycles. The lowest BCUT2D eigenvalue weighted by Gasteiger charge is -2.14. The summed E-state index contributed by atoms with van der Waals surface area (Å²) in [5.74, 6) is 0.548. The van der Waals surface area contributed by atoms with Crippen LogP contribution in [0, 0.1) is 0 Å². The van der Waals surface area contributed by atoms with Crippen LogP contribution in [0.15, 0.2) is 46.2 Å². The van der Waals surface area contributed by atoms with Crippen LogP contribution in [0.4, 0.5) is 0 Å². The number of nitrogens with zero attached hydrogens (tertiary/aromatic N) is 8. The van der Waals surface area contributed by atoms with E-state index < -0.39 is 11.2 Å². The van der Waals surface area contributed by atoms with Gasteiger partial charge in [-0.2, -0.15) is 4.68 Å². The Labute approximate surface area is 146 Å². The monoisotopic (exact) mass is 352 g/mol. The maximum Gasteiger partial charge on any atom is 0.332 e. The van der Waals surface area contributed by atoms with Gasteiger partial charge in [0.25, 0.3) is 5.56 Å². The quantitative estimate of drug-likeness (QED) is 0.515. The average Bonchev–Trinajstić information content (AvgIpc) is 3.32. The summed E-state index contributed by atoms with van der Waals surface area (Å²) in [6, 6.07) is 9.10. The van der Waals surface area contributed by atoms with Crippen molar-refractivity contribution in [1.82, 2.24) is 38.9 Å². The third kappa shape index (κ3) is 2.19. The van der Waals surface area contributed by atoms with Gasteiger partial charge in [-0.25, -0.2) is 9.78 Å². The van der Waals surface area contributed by atoms with E-state index in [2.05, 4.69) is 20.5 Å². The number of para-hydroxylation sites is 1. The van der Waals surface area contributed by atoms with Crippen molar-refractivity contribution >= 4 is 11.2 Å². The van der Waals surface area contributed by atoms with Crippen molar-refractivity contribution in [2.24, 2.45) is 14.1 Å². The van der Waals surface area contributed by atoms with Gasteiger partial charge in [-0.05, 0) is 29.5 Å². The van der Waals surface area contributed by atoms with E-state index in [4.69, 9.17) is 0 Å². The second-order valence-corrected chi connectivity index (χ2v) is 5.99. The largest absolute Gasteiger partial charge is 0.332 e. The lowest BCUT2D eigenvalue weighted by molar-refractivity contribution is 0.588. The standard InChI is InChI=1S/C16H16N8O2/c1-10(13-18-19-20-24(13)11-7-5-4-6-8-11)23-9-17-14-12(23)15(25)22(3)16(26)21(14)2/h4-10H,1-3H3. The van der Waals surface area contributed by atoms with Gasteiger partial charge in [0, 0.05) is 14.1 Å². The predicted octanol–water partition coefficient (Wildman–Crippen LogP) is 0.0187. The molecule has 0 saturated carbocycles. The Morgan fingerprint density at radius 2 is 1.77 bits per heavy atom. The lowest BCUT2D eigenvalue weighted by atomic mass is 10.2. The number of benzene rings is 1. The zero-order chi connectivity index (χ0) is 18.4. The van der Waals surface area contributed by atoms with E-state index in [1.165, 1.54) is 17.9 Å². The fraction of sp³-hybridized carbons (Fsp3) is 0.250. The molecule has 0 amide bonds. The smallest absolute Gasteiger partial charge is 0.314 e. The van der Waals surface area contributed by atoms with E-state index in [1.807, 2.05) is 37.3 Å². The maximum absolute atomic E-state index is 12.6. The van der Waals surface area contributed by atoms with E-state index in [1.54, 1.807) is 16.3 Å². The van der Waals surface area contributed by atoms with Crippen molar-refractivity contribution < 1.29 is 0 Å². The highest BCUT2D eigenvalue weighted by molar-refractivity contribution is 5.70. The fourth-order valence-corrected chi connectivity index (χ4v) is 2.99. The van der Waals surface area contributed by atoms with Crippen molar-refractivity contribution in [1.29, 1.82) is 0 Å². The highest BCUT2D eigenvalue weighted by atomic mass is 16.2. The van der Waals surface area contributed by atoms with Crippen LogP contribution in [0.25, 0.3) is 16.9 Å². The highest BCUT2D eigenvalue weighted by Crippen LogP contribution is 2.20. The van der Waals surface area contributed by atoms with E-state index in [9.17, 15) is 9.59 Å². The molecule has 0 fully saturated rings. The van der Waals surface area contributed by atoms with Gasteiger partial charge in [0.2, 0.25) is 0 Å². The number of imidazole rings is 1. The Morgan fingerprint density at radius 3 is 2.50 bits per heavy atom. The van der Waals surface area contributed by atoms with Gasteiger partial charge in [0.05, 0.1) is 18.1 Å². The SMILES string of the molecule is CC(c1nnnn1-c1ccccc1)n1cnc2c1c(=O)n(C)c(=O)n2C. The molecule has 0 saturated heterocycles. The van der Waals surface area contributed by atoms with Gasteiger partial charge < -0.3 is 4.57 Å². The molecule has 1 unspecified atom stereocenters. The molecule has 0 spiro atoms. The van der Waals surface area contributed by atoms with Crippen LogP contribution in [0.5, 0.6) is 0 Å². The molecule has 0 aliphatic rings.